The topological polar surface area (TPSA) is 32.7 Å². The monoisotopic (exact) mass is 279 g/mol. The van der Waals surface area contributed by atoms with Crippen LogP contribution in [0.5, 0.6) is 5.75 Å². The first-order valence-electron chi connectivity index (χ1n) is 7.39. The number of aliphatic hydroxyl groups excluding tert-OH is 1. The number of hydrogen-bond donors (Lipinski definition) is 1. The number of aliphatic hydroxyl groups is 1. The van der Waals surface area contributed by atoms with Crippen molar-refractivity contribution in [3.05, 3.63) is 29.6 Å². The molecule has 1 aromatic carbocycles. The molecule has 110 valence electrons. The lowest BCUT2D eigenvalue weighted by atomic mass is 9.88. The molecule has 0 aromatic heterocycles. The summed E-state index contributed by atoms with van der Waals surface area (Å²) in [4.78, 5) is 2.30. The molecule has 0 bridgehead atoms. The van der Waals surface area contributed by atoms with Gasteiger partial charge in [0.25, 0.3) is 0 Å². The van der Waals surface area contributed by atoms with E-state index in [0.717, 1.165) is 13.1 Å². The van der Waals surface area contributed by atoms with Crippen molar-refractivity contribution in [2.45, 2.75) is 32.4 Å². The van der Waals surface area contributed by atoms with Gasteiger partial charge >= 0.3 is 0 Å². The summed E-state index contributed by atoms with van der Waals surface area (Å²) in [6.07, 6.45) is 0.553. The maximum atomic E-state index is 13.4. The van der Waals surface area contributed by atoms with Crippen molar-refractivity contribution in [2.24, 2.45) is 11.8 Å². The molecular formula is C16H22FNO2. The lowest BCUT2D eigenvalue weighted by molar-refractivity contribution is -0.0228. The van der Waals surface area contributed by atoms with Crippen molar-refractivity contribution in [3.63, 3.8) is 0 Å². The van der Waals surface area contributed by atoms with Gasteiger partial charge in [0.05, 0.1) is 6.04 Å². The highest BCUT2D eigenvalue weighted by molar-refractivity contribution is 5.38. The van der Waals surface area contributed by atoms with E-state index in [4.69, 9.17) is 4.74 Å². The molecule has 2 heterocycles. The summed E-state index contributed by atoms with van der Waals surface area (Å²) in [5.74, 6) is 1.53. The Kier molecular flexibility index (Phi) is 3.69. The summed E-state index contributed by atoms with van der Waals surface area (Å²) in [5.41, 5.74) is 0.576. The van der Waals surface area contributed by atoms with Crippen LogP contribution in [-0.2, 0) is 0 Å². The molecule has 0 saturated carbocycles. The van der Waals surface area contributed by atoms with E-state index >= 15 is 0 Å². The highest BCUT2D eigenvalue weighted by Crippen LogP contribution is 2.36. The summed E-state index contributed by atoms with van der Waals surface area (Å²) in [6, 6.07) is 4.29. The van der Waals surface area contributed by atoms with Gasteiger partial charge in [-0.05, 0) is 36.5 Å². The number of halogens is 1. The number of likely N-dealkylation sites (tertiary alicyclic amines) is 1. The normalized spacial score (nSPS) is 34.4. The van der Waals surface area contributed by atoms with Crippen LogP contribution in [0.3, 0.4) is 0 Å². The maximum absolute atomic E-state index is 13.4. The third-order valence-electron chi connectivity index (χ3n) is 4.43. The SMILES string of the molecule is CC1CC(C)CN(C2COc3ccc(F)cc3C2O)C1. The zero-order chi connectivity index (χ0) is 14.3. The van der Waals surface area contributed by atoms with Gasteiger partial charge in [-0.1, -0.05) is 13.8 Å². The molecule has 2 aliphatic heterocycles. The van der Waals surface area contributed by atoms with Gasteiger partial charge in [-0.15, -0.1) is 0 Å². The highest BCUT2D eigenvalue weighted by atomic mass is 19.1. The van der Waals surface area contributed by atoms with Crippen molar-refractivity contribution in [3.8, 4) is 5.75 Å². The van der Waals surface area contributed by atoms with Gasteiger partial charge in [-0.2, -0.15) is 0 Å². The van der Waals surface area contributed by atoms with Gasteiger partial charge in [-0.3, -0.25) is 4.90 Å². The van der Waals surface area contributed by atoms with Crippen molar-refractivity contribution in [1.82, 2.24) is 4.90 Å². The van der Waals surface area contributed by atoms with E-state index in [2.05, 4.69) is 18.7 Å². The second-order valence-corrected chi connectivity index (χ2v) is 6.41. The summed E-state index contributed by atoms with van der Waals surface area (Å²) >= 11 is 0. The number of piperidine rings is 1. The fourth-order valence-electron chi connectivity index (χ4n) is 3.64. The number of nitrogens with zero attached hydrogens (tertiary/aromatic N) is 1. The third-order valence-corrected chi connectivity index (χ3v) is 4.43. The minimum absolute atomic E-state index is 0.0745. The lowest BCUT2D eigenvalue weighted by Gasteiger charge is -2.43. The van der Waals surface area contributed by atoms with Crippen LogP contribution >= 0.6 is 0 Å². The molecule has 4 unspecified atom stereocenters. The van der Waals surface area contributed by atoms with E-state index in [-0.39, 0.29) is 11.9 Å². The minimum Gasteiger partial charge on any atom is -0.491 e. The Morgan fingerprint density at radius 1 is 1.25 bits per heavy atom. The average Bonchev–Trinajstić information content (AvgIpc) is 2.38. The summed E-state index contributed by atoms with van der Waals surface area (Å²) in [7, 11) is 0. The molecule has 1 aromatic rings. The molecule has 1 saturated heterocycles. The second kappa shape index (κ2) is 5.34. The Hall–Kier alpha value is -1.13. The number of fused-ring (bicyclic) bond motifs is 1. The van der Waals surface area contributed by atoms with Crippen LogP contribution in [0, 0.1) is 17.7 Å². The molecule has 1 fully saturated rings. The molecule has 2 aliphatic rings. The second-order valence-electron chi connectivity index (χ2n) is 6.41. The van der Waals surface area contributed by atoms with Crippen LogP contribution in [0.2, 0.25) is 0 Å². The first-order chi connectivity index (χ1) is 9.54. The standard InChI is InChI=1S/C16H22FNO2/c1-10-5-11(2)8-18(7-10)14-9-20-15-4-3-12(17)6-13(15)16(14)19/h3-4,6,10-11,14,16,19H,5,7-9H2,1-2H3. The van der Waals surface area contributed by atoms with E-state index < -0.39 is 6.10 Å². The molecule has 1 N–H and O–H groups in total. The van der Waals surface area contributed by atoms with Crippen molar-refractivity contribution in [2.75, 3.05) is 19.7 Å². The van der Waals surface area contributed by atoms with E-state index in [9.17, 15) is 9.50 Å². The smallest absolute Gasteiger partial charge is 0.125 e. The molecule has 0 radical (unpaired) electrons. The zero-order valence-corrected chi connectivity index (χ0v) is 12.1. The van der Waals surface area contributed by atoms with Crippen molar-refractivity contribution < 1.29 is 14.2 Å². The predicted octanol–water partition coefficient (Wildman–Crippen LogP) is 2.60. The molecule has 20 heavy (non-hydrogen) atoms. The Morgan fingerprint density at radius 3 is 2.65 bits per heavy atom. The molecule has 0 aliphatic carbocycles. The first-order valence-corrected chi connectivity index (χ1v) is 7.39. The quantitative estimate of drug-likeness (QED) is 0.857. The van der Waals surface area contributed by atoms with E-state index in [1.54, 1.807) is 6.07 Å². The number of hydrogen-bond acceptors (Lipinski definition) is 3. The Bertz CT molecular complexity index is 483. The predicted molar refractivity (Wildman–Crippen MR) is 75.2 cm³/mol. The maximum Gasteiger partial charge on any atom is 0.125 e. The summed E-state index contributed by atoms with van der Waals surface area (Å²) in [5, 5.41) is 10.6. The molecule has 0 spiro atoms. The van der Waals surface area contributed by atoms with E-state index in [1.165, 1.54) is 18.6 Å². The number of benzene rings is 1. The highest BCUT2D eigenvalue weighted by Gasteiger charge is 2.36. The third kappa shape index (κ3) is 2.54. The lowest BCUT2D eigenvalue weighted by Crippen LogP contribution is -2.51. The van der Waals surface area contributed by atoms with E-state index in [1.807, 2.05) is 0 Å². The van der Waals surface area contributed by atoms with Gasteiger partial charge in [-0.25, -0.2) is 4.39 Å². The fraction of sp³-hybridized carbons (Fsp3) is 0.625. The van der Waals surface area contributed by atoms with Crippen LogP contribution in [-0.4, -0.2) is 35.7 Å². The van der Waals surface area contributed by atoms with Gasteiger partial charge < -0.3 is 9.84 Å². The molecule has 4 atom stereocenters. The van der Waals surface area contributed by atoms with Crippen LogP contribution in [0.25, 0.3) is 0 Å². The van der Waals surface area contributed by atoms with Gasteiger partial charge in [0.1, 0.15) is 24.3 Å². The Balaban J connectivity index is 1.82. The van der Waals surface area contributed by atoms with Gasteiger partial charge in [0, 0.05) is 18.7 Å². The Morgan fingerprint density at radius 2 is 1.95 bits per heavy atom. The van der Waals surface area contributed by atoms with Gasteiger partial charge in [0.2, 0.25) is 0 Å². The first kappa shape index (κ1) is 13.8. The molecular weight excluding hydrogens is 257 g/mol. The Labute approximate surface area is 119 Å². The average molecular weight is 279 g/mol. The summed E-state index contributed by atoms with van der Waals surface area (Å²) in [6.45, 7) is 6.90. The molecule has 4 heteroatoms. The molecule has 3 rings (SSSR count). The van der Waals surface area contributed by atoms with Crippen LogP contribution < -0.4 is 4.74 Å². The largest absolute Gasteiger partial charge is 0.491 e. The zero-order valence-electron chi connectivity index (χ0n) is 12.1. The van der Waals surface area contributed by atoms with Crippen molar-refractivity contribution >= 4 is 0 Å². The summed E-state index contributed by atoms with van der Waals surface area (Å²) < 4.78 is 19.1. The van der Waals surface area contributed by atoms with Crippen LogP contribution in [0.1, 0.15) is 31.9 Å². The van der Waals surface area contributed by atoms with Gasteiger partial charge in [0.15, 0.2) is 0 Å². The number of ether oxygens (including phenoxy) is 1. The van der Waals surface area contributed by atoms with Crippen molar-refractivity contribution in [1.29, 1.82) is 0 Å². The number of rotatable bonds is 1. The van der Waals surface area contributed by atoms with Crippen LogP contribution in [0.15, 0.2) is 18.2 Å². The fourth-order valence-corrected chi connectivity index (χ4v) is 3.64. The van der Waals surface area contributed by atoms with E-state index in [0.29, 0.717) is 29.8 Å². The molecule has 0 amide bonds. The molecule has 3 nitrogen and oxygen atoms in total. The van der Waals surface area contributed by atoms with Crippen LogP contribution in [0.4, 0.5) is 4.39 Å². The minimum atomic E-state index is -0.674.